The predicted octanol–water partition coefficient (Wildman–Crippen LogP) is 5.32. The summed E-state index contributed by atoms with van der Waals surface area (Å²) in [5.41, 5.74) is 3.03. The quantitative estimate of drug-likeness (QED) is 0.376. The highest BCUT2D eigenvalue weighted by Crippen LogP contribution is 2.56. The Morgan fingerprint density at radius 2 is 2.12 bits per heavy atom. The van der Waals surface area contributed by atoms with Gasteiger partial charge in [0.05, 0.1) is 0 Å². The van der Waals surface area contributed by atoms with Crippen LogP contribution in [0.1, 0.15) is 65.7 Å². The molecule has 0 aliphatic heterocycles. The lowest BCUT2D eigenvalue weighted by atomic mass is 9.54. The molecule has 0 aromatic carbocycles. The van der Waals surface area contributed by atoms with E-state index in [1.54, 1.807) is 0 Å². The number of allylic oxidation sites excluding steroid dienone is 2. The molecule has 2 fully saturated rings. The minimum absolute atomic E-state index is 0.0712. The summed E-state index contributed by atoms with van der Waals surface area (Å²) in [5.74, 6) is 2.17. The van der Waals surface area contributed by atoms with Gasteiger partial charge < -0.3 is 4.89 Å². The standard InChI is InChI=1S/C19H35O5P2/c1-14(11-13-23-26(21,22)24-25-20)7-9-16-15(2)8-10-18-17(16)6-5-12-19(18,3)4/h11,16-18,20-22,25H,2,5-10,12-13H2,1,3-4H3/q+1/b14-11+/t16-,17?,18+/m1/s1. The summed E-state index contributed by atoms with van der Waals surface area (Å²) in [4.78, 5) is 27.4. The zero-order valence-corrected chi connectivity index (χ0v) is 18.2. The van der Waals surface area contributed by atoms with Crippen LogP contribution in [0.2, 0.25) is 0 Å². The zero-order valence-electron chi connectivity index (χ0n) is 16.3. The van der Waals surface area contributed by atoms with E-state index in [0.29, 0.717) is 11.3 Å². The van der Waals surface area contributed by atoms with E-state index in [4.69, 9.17) is 9.42 Å². The Morgan fingerprint density at radius 1 is 1.38 bits per heavy atom. The third kappa shape index (κ3) is 6.07. The SMILES string of the molecule is C=C1CC[C@H]2C(CCCC2(C)C)[C@@H]1CC/C(C)=C/CO[P+](O)(O)OPO. The molecule has 2 rings (SSSR count). The monoisotopic (exact) mass is 405 g/mol. The van der Waals surface area contributed by atoms with Gasteiger partial charge in [0.25, 0.3) is 0 Å². The molecular weight excluding hydrogens is 370 g/mol. The van der Waals surface area contributed by atoms with Gasteiger partial charge in [0.15, 0.2) is 0 Å². The van der Waals surface area contributed by atoms with Gasteiger partial charge in [0.1, 0.15) is 6.61 Å². The lowest BCUT2D eigenvalue weighted by molar-refractivity contribution is 0.0228. The van der Waals surface area contributed by atoms with Gasteiger partial charge in [0.2, 0.25) is 9.03 Å². The smallest absolute Gasteiger partial charge is 0.349 e. The fourth-order valence-electron chi connectivity index (χ4n) is 4.93. The van der Waals surface area contributed by atoms with Crippen LogP contribution in [0.25, 0.3) is 0 Å². The molecule has 3 N–H and O–H groups in total. The van der Waals surface area contributed by atoms with Crippen LogP contribution >= 0.6 is 17.2 Å². The van der Waals surface area contributed by atoms with Crippen molar-refractivity contribution in [2.24, 2.45) is 23.2 Å². The van der Waals surface area contributed by atoms with Gasteiger partial charge in [-0.3, -0.25) is 0 Å². The molecule has 0 radical (unpaired) electrons. The van der Waals surface area contributed by atoms with E-state index in [9.17, 15) is 9.79 Å². The molecule has 0 heterocycles. The molecule has 26 heavy (non-hydrogen) atoms. The van der Waals surface area contributed by atoms with Gasteiger partial charge in [-0.15, -0.1) is 8.83 Å². The van der Waals surface area contributed by atoms with Crippen molar-refractivity contribution in [3.8, 4) is 0 Å². The van der Waals surface area contributed by atoms with Crippen molar-refractivity contribution in [3.63, 3.8) is 0 Å². The van der Waals surface area contributed by atoms with E-state index in [2.05, 4.69) is 24.7 Å². The average Bonchev–Trinajstić information content (AvgIpc) is 2.53. The lowest BCUT2D eigenvalue weighted by Gasteiger charge is -2.51. The van der Waals surface area contributed by atoms with Crippen LogP contribution in [-0.4, -0.2) is 21.3 Å². The van der Waals surface area contributed by atoms with Gasteiger partial charge in [-0.25, -0.2) is 0 Å². The molecule has 5 nitrogen and oxygen atoms in total. The van der Waals surface area contributed by atoms with E-state index in [0.717, 1.165) is 31.1 Å². The van der Waals surface area contributed by atoms with Crippen LogP contribution in [0.15, 0.2) is 23.8 Å². The first-order chi connectivity index (χ1) is 12.2. The Bertz CT molecular complexity index is 518. The maximum Gasteiger partial charge on any atom is 0.575 e. The molecule has 0 spiro atoms. The molecule has 0 amide bonds. The predicted molar refractivity (Wildman–Crippen MR) is 108 cm³/mol. The summed E-state index contributed by atoms with van der Waals surface area (Å²) in [6.45, 7) is 11.4. The van der Waals surface area contributed by atoms with Crippen LogP contribution < -0.4 is 0 Å². The summed E-state index contributed by atoms with van der Waals surface area (Å²) >= 11 is 0. The molecule has 0 bridgehead atoms. The third-order valence-electron chi connectivity index (χ3n) is 6.38. The highest BCUT2D eigenvalue weighted by molar-refractivity contribution is 7.59. The normalized spacial score (nSPS) is 30.0. The van der Waals surface area contributed by atoms with E-state index in [1.165, 1.54) is 36.8 Å². The highest BCUT2D eigenvalue weighted by atomic mass is 31.3. The van der Waals surface area contributed by atoms with Gasteiger partial charge in [-0.2, -0.15) is 9.79 Å². The van der Waals surface area contributed by atoms with Crippen molar-refractivity contribution >= 4 is 17.2 Å². The first-order valence-electron chi connectivity index (χ1n) is 9.56. The second-order valence-corrected chi connectivity index (χ2v) is 10.7. The molecule has 0 aromatic rings. The number of fused-ring (bicyclic) bond motifs is 1. The summed E-state index contributed by atoms with van der Waals surface area (Å²) in [5, 5.41) is 0. The molecule has 4 atom stereocenters. The van der Waals surface area contributed by atoms with E-state index >= 15 is 0 Å². The van der Waals surface area contributed by atoms with E-state index in [1.807, 2.05) is 13.0 Å². The Hall–Kier alpha value is 0.140. The van der Waals surface area contributed by atoms with Crippen LogP contribution in [0.3, 0.4) is 0 Å². The second kappa shape index (κ2) is 9.56. The van der Waals surface area contributed by atoms with Crippen LogP contribution in [0, 0.1) is 23.2 Å². The Morgan fingerprint density at radius 3 is 2.81 bits per heavy atom. The largest absolute Gasteiger partial charge is 0.575 e. The molecule has 150 valence electrons. The molecule has 0 aromatic heterocycles. The Kier molecular flexibility index (Phi) is 8.25. The number of rotatable bonds is 8. The zero-order chi connectivity index (χ0) is 19.4. The molecule has 2 unspecified atom stereocenters. The fraction of sp³-hybridized carbons (Fsp3) is 0.789. The molecule has 0 saturated heterocycles. The van der Waals surface area contributed by atoms with Crippen molar-refractivity contribution in [1.82, 2.24) is 0 Å². The summed E-state index contributed by atoms with van der Waals surface area (Å²) in [6, 6.07) is 0. The maximum atomic E-state index is 9.40. The lowest BCUT2D eigenvalue weighted by Crippen LogP contribution is -2.41. The third-order valence-corrected chi connectivity index (χ3v) is 8.14. The summed E-state index contributed by atoms with van der Waals surface area (Å²) < 4.78 is 9.32. The van der Waals surface area contributed by atoms with Crippen LogP contribution in [0.5, 0.6) is 0 Å². The van der Waals surface area contributed by atoms with Gasteiger partial charge in [0, 0.05) is 0 Å². The van der Waals surface area contributed by atoms with Gasteiger partial charge in [-0.1, -0.05) is 44.1 Å². The fourth-order valence-corrected chi connectivity index (χ4v) is 5.84. The molecule has 2 aliphatic carbocycles. The molecule has 2 saturated carbocycles. The minimum Gasteiger partial charge on any atom is -0.349 e. The van der Waals surface area contributed by atoms with Crippen LogP contribution in [-0.2, 0) is 8.83 Å². The summed E-state index contributed by atoms with van der Waals surface area (Å²) in [7, 11) is -4.88. The molecule has 7 heteroatoms. The maximum absolute atomic E-state index is 9.40. The number of hydrogen-bond acceptors (Lipinski definition) is 5. The van der Waals surface area contributed by atoms with Crippen molar-refractivity contribution in [2.45, 2.75) is 65.7 Å². The van der Waals surface area contributed by atoms with Gasteiger partial charge >= 0.3 is 8.17 Å². The van der Waals surface area contributed by atoms with Crippen molar-refractivity contribution < 1.29 is 23.5 Å². The molecular formula is C19H35O5P2+. The van der Waals surface area contributed by atoms with Crippen molar-refractivity contribution in [2.75, 3.05) is 6.61 Å². The average molecular weight is 405 g/mol. The first-order valence-corrected chi connectivity index (χ1v) is 11.9. The van der Waals surface area contributed by atoms with Crippen LogP contribution in [0.4, 0.5) is 0 Å². The second-order valence-electron chi connectivity index (χ2n) is 8.51. The van der Waals surface area contributed by atoms with E-state index in [-0.39, 0.29) is 6.61 Å². The topological polar surface area (TPSA) is 79.2 Å². The number of hydrogen-bond donors (Lipinski definition) is 3. The first kappa shape index (κ1) is 22.4. The minimum atomic E-state index is -3.88. The van der Waals surface area contributed by atoms with Gasteiger partial charge in [-0.05, 0) is 68.6 Å². The Labute approximate surface area is 160 Å². The van der Waals surface area contributed by atoms with Crippen molar-refractivity contribution in [1.29, 1.82) is 0 Å². The Balaban J connectivity index is 1.88. The van der Waals surface area contributed by atoms with Crippen molar-refractivity contribution in [3.05, 3.63) is 23.8 Å². The molecule has 2 aliphatic rings. The highest BCUT2D eigenvalue weighted by Gasteiger charge is 2.44. The summed E-state index contributed by atoms with van der Waals surface area (Å²) in [6.07, 6.45) is 10.4. The van der Waals surface area contributed by atoms with E-state index < -0.39 is 17.2 Å².